The zero-order chi connectivity index (χ0) is 16.4. The van der Waals surface area contributed by atoms with Crippen LogP contribution in [0.1, 0.15) is 6.42 Å². The zero-order valence-corrected chi connectivity index (χ0v) is 13.5. The lowest BCUT2D eigenvalue weighted by Gasteiger charge is -2.37. The van der Waals surface area contributed by atoms with Gasteiger partial charge in [-0.15, -0.1) is 0 Å². The Kier molecular flexibility index (Phi) is 4.62. The van der Waals surface area contributed by atoms with Crippen LogP contribution < -0.4 is 5.32 Å². The van der Waals surface area contributed by atoms with Gasteiger partial charge < -0.3 is 5.32 Å². The van der Waals surface area contributed by atoms with E-state index in [-0.39, 0.29) is 10.6 Å². The van der Waals surface area contributed by atoms with Crippen LogP contribution in [0.2, 0.25) is 0 Å². The van der Waals surface area contributed by atoms with Crippen molar-refractivity contribution in [1.29, 1.82) is 0 Å². The van der Waals surface area contributed by atoms with Gasteiger partial charge in [-0.2, -0.15) is 4.31 Å². The third kappa shape index (κ3) is 3.37. The molecule has 0 aromatic heterocycles. The summed E-state index contributed by atoms with van der Waals surface area (Å²) in [5, 5.41) is 14.1. The van der Waals surface area contributed by atoms with Crippen molar-refractivity contribution in [3.63, 3.8) is 0 Å². The topological polar surface area (TPSA) is 95.8 Å². The Hall–Kier alpha value is -1.55. The SMILES string of the molecule is O=[N+]([O-])c1cccc(S(=O)(=O)N2CCN(C3CCNC3)CC2)c1. The molecule has 8 nitrogen and oxygen atoms in total. The van der Waals surface area contributed by atoms with Crippen molar-refractivity contribution < 1.29 is 13.3 Å². The van der Waals surface area contributed by atoms with Crippen molar-refractivity contribution in [2.45, 2.75) is 17.4 Å². The lowest BCUT2D eigenvalue weighted by atomic mass is 10.2. The standard InChI is InChI=1S/C14H20N4O4S/c19-18(20)12-2-1-3-14(10-12)23(21,22)17-8-6-16(7-9-17)13-4-5-15-11-13/h1-3,10,13,15H,4-9,11H2. The molecule has 0 saturated carbocycles. The Balaban J connectivity index is 1.71. The molecule has 1 unspecified atom stereocenters. The molecule has 0 radical (unpaired) electrons. The van der Waals surface area contributed by atoms with Crippen molar-refractivity contribution in [2.75, 3.05) is 39.3 Å². The van der Waals surface area contributed by atoms with E-state index in [2.05, 4.69) is 10.2 Å². The fraction of sp³-hybridized carbons (Fsp3) is 0.571. The summed E-state index contributed by atoms with van der Waals surface area (Å²) < 4.78 is 26.7. The maximum absolute atomic E-state index is 12.7. The second-order valence-corrected chi connectivity index (χ2v) is 7.78. The molecule has 23 heavy (non-hydrogen) atoms. The third-order valence-electron chi connectivity index (χ3n) is 4.49. The van der Waals surface area contributed by atoms with Crippen molar-refractivity contribution in [1.82, 2.24) is 14.5 Å². The van der Waals surface area contributed by atoms with E-state index in [1.165, 1.54) is 22.5 Å². The number of sulfonamides is 1. The number of piperazine rings is 1. The van der Waals surface area contributed by atoms with Crippen LogP contribution in [0.3, 0.4) is 0 Å². The Morgan fingerprint density at radius 3 is 2.57 bits per heavy atom. The van der Waals surface area contributed by atoms with Crippen LogP contribution in [-0.4, -0.2) is 67.9 Å². The highest BCUT2D eigenvalue weighted by Crippen LogP contribution is 2.22. The molecular formula is C14H20N4O4S. The van der Waals surface area contributed by atoms with E-state index in [0.717, 1.165) is 25.6 Å². The summed E-state index contributed by atoms with van der Waals surface area (Å²) in [6.07, 6.45) is 1.09. The summed E-state index contributed by atoms with van der Waals surface area (Å²) in [5.41, 5.74) is -0.207. The molecule has 1 N–H and O–H groups in total. The average molecular weight is 340 g/mol. The minimum Gasteiger partial charge on any atom is -0.315 e. The van der Waals surface area contributed by atoms with Gasteiger partial charge in [-0.3, -0.25) is 15.0 Å². The summed E-state index contributed by atoms with van der Waals surface area (Å²) in [5.74, 6) is 0. The molecule has 2 aliphatic rings. The average Bonchev–Trinajstić information content (AvgIpc) is 3.09. The van der Waals surface area contributed by atoms with E-state index in [4.69, 9.17) is 0 Å². The minimum atomic E-state index is -3.68. The van der Waals surface area contributed by atoms with Crippen LogP contribution in [-0.2, 0) is 10.0 Å². The highest BCUT2D eigenvalue weighted by atomic mass is 32.2. The first-order valence-electron chi connectivity index (χ1n) is 7.68. The van der Waals surface area contributed by atoms with Crippen molar-refractivity contribution >= 4 is 15.7 Å². The Labute approximate surface area is 135 Å². The van der Waals surface area contributed by atoms with E-state index in [1.807, 2.05) is 0 Å². The molecule has 1 aromatic rings. The first-order valence-corrected chi connectivity index (χ1v) is 9.12. The fourth-order valence-corrected chi connectivity index (χ4v) is 4.63. The predicted octanol–water partition coefficient (Wildman–Crippen LogP) is 0.263. The normalized spacial score (nSPS) is 23.9. The molecule has 2 heterocycles. The van der Waals surface area contributed by atoms with E-state index in [1.54, 1.807) is 0 Å². The molecular weight excluding hydrogens is 320 g/mol. The van der Waals surface area contributed by atoms with Crippen molar-refractivity contribution in [3.8, 4) is 0 Å². The Morgan fingerprint density at radius 1 is 1.22 bits per heavy atom. The molecule has 2 fully saturated rings. The lowest BCUT2D eigenvalue weighted by Crippen LogP contribution is -2.52. The summed E-state index contributed by atoms with van der Waals surface area (Å²) in [6, 6.07) is 5.73. The molecule has 1 aromatic carbocycles. The number of benzene rings is 1. The van der Waals surface area contributed by atoms with Gasteiger partial charge in [0.25, 0.3) is 5.69 Å². The highest BCUT2D eigenvalue weighted by Gasteiger charge is 2.32. The van der Waals surface area contributed by atoms with E-state index >= 15 is 0 Å². The molecule has 3 rings (SSSR count). The number of hydrogen-bond acceptors (Lipinski definition) is 6. The van der Waals surface area contributed by atoms with Gasteiger partial charge in [0.2, 0.25) is 10.0 Å². The zero-order valence-electron chi connectivity index (χ0n) is 12.7. The first-order chi connectivity index (χ1) is 11.0. The third-order valence-corrected chi connectivity index (χ3v) is 6.38. The second kappa shape index (κ2) is 6.52. The van der Waals surface area contributed by atoms with Crippen LogP contribution in [0.25, 0.3) is 0 Å². The molecule has 0 bridgehead atoms. The molecule has 1 atom stereocenters. The van der Waals surface area contributed by atoms with Crippen LogP contribution in [0, 0.1) is 10.1 Å². The maximum Gasteiger partial charge on any atom is 0.270 e. The minimum absolute atomic E-state index is 0.0114. The molecule has 0 amide bonds. The first kappa shape index (κ1) is 16.3. The second-order valence-electron chi connectivity index (χ2n) is 5.84. The van der Waals surface area contributed by atoms with Gasteiger partial charge in [0.1, 0.15) is 0 Å². The molecule has 0 spiro atoms. The highest BCUT2D eigenvalue weighted by molar-refractivity contribution is 7.89. The predicted molar refractivity (Wildman–Crippen MR) is 84.7 cm³/mol. The van der Waals surface area contributed by atoms with Crippen LogP contribution >= 0.6 is 0 Å². The summed E-state index contributed by atoms with van der Waals surface area (Å²) in [7, 11) is -3.68. The largest absolute Gasteiger partial charge is 0.315 e. The number of nitrogens with one attached hydrogen (secondary N) is 1. The molecule has 126 valence electrons. The fourth-order valence-electron chi connectivity index (χ4n) is 3.17. The molecule has 2 aliphatic heterocycles. The molecule has 0 aliphatic carbocycles. The van der Waals surface area contributed by atoms with Crippen LogP contribution in [0.4, 0.5) is 5.69 Å². The van der Waals surface area contributed by atoms with Gasteiger partial charge in [-0.05, 0) is 19.0 Å². The summed E-state index contributed by atoms with van der Waals surface area (Å²) in [6.45, 7) is 4.19. The van der Waals surface area contributed by atoms with E-state index in [9.17, 15) is 18.5 Å². The van der Waals surface area contributed by atoms with Crippen LogP contribution in [0.5, 0.6) is 0 Å². The van der Waals surface area contributed by atoms with Gasteiger partial charge in [-0.25, -0.2) is 8.42 Å². The monoisotopic (exact) mass is 340 g/mol. The van der Waals surface area contributed by atoms with Crippen molar-refractivity contribution in [2.24, 2.45) is 0 Å². The number of rotatable bonds is 4. The van der Waals surface area contributed by atoms with Gasteiger partial charge in [0.15, 0.2) is 0 Å². The van der Waals surface area contributed by atoms with E-state index in [0.29, 0.717) is 32.2 Å². The number of nitro groups is 1. The molecule has 2 saturated heterocycles. The summed E-state index contributed by atoms with van der Waals surface area (Å²) >= 11 is 0. The number of hydrogen-bond donors (Lipinski definition) is 1. The quantitative estimate of drug-likeness (QED) is 0.624. The lowest BCUT2D eigenvalue weighted by molar-refractivity contribution is -0.385. The van der Waals surface area contributed by atoms with Gasteiger partial charge in [0, 0.05) is 50.9 Å². The Bertz CT molecular complexity index is 680. The summed E-state index contributed by atoms with van der Waals surface area (Å²) in [4.78, 5) is 12.6. The van der Waals surface area contributed by atoms with Gasteiger partial charge >= 0.3 is 0 Å². The van der Waals surface area contributed by atoms with Gasteiger partial charge in [0.05, 0.1) is 9.82 Å². The Morgan fingerprint density at radius 2 is 1.96 bits per heavy atom. The van der Waals surface area contributed by atoms with Gasteiger partial charge in [-0.1, -0.05) is 6.07 Å². The van der Waals surface area contributed by atoms with Crippen molar-refractivity contribution in [3.05, 3.63) is 34.4 Å². The number of non-ortho nitro benzene ring substituents is 1. The number of nitrogens with zero attached hydrogens (tertiary/aromatic N) is 3. The maximum atomic E-state index is 12.7. The molecule has 9 heteroatoms. The smallest absolute Gasteiger partial charge is 0.270 e. The van der Waals surface area contributed by atoms with Crippen LogP contribution in [0.15, 0.2) is 29.2 Å². The van der Waals surface area contributed by atoms with E-state index < -0.39 is 14.9 Å². The number of nitro benzene ring substituents is 1.